The fourth-order valence-corrected chi connectivity index (χ4v) is 7.26. The van der Waals surface area contributed by atoms with E-state index in [0.717, 1.165) is 36.1 Å². The Labute approximate surface area is 282 Å². The quantitative estimate of drug-likeness (QED) is 0.0990. The monoisotopic (exact) mass is 694 g/mol. The van der Waals surface area contributed by atoms with Gasteiger partial charge in [0, 0.05) is 25.0 Å². The standard InChI is InChI=1S/C33H51N4O10P/c1-3-4-16-26(22-48(44,45)47-23(2)31(40)37-20-11-18-28(37)32(41)42)35-30(39)27(36-29(38)25-14-10-15-25)17-8-9-19-34-33(43)46-21-24-12-6-5-7-13-24/h5-7,12-13,23,25-28H,3-4,8-11,14-22H2,1-2H3,(H,34,43)(H,35,39)(H,36,38)(H,41,42)(H,44,45)/t23-,26+,27-,28-/m0/s1. The van der Waals surface area contributed by atoms with Gasteiger partial charge in [0.05, 0.1) is 6.16 Å². The summed E-state index contributed by atoms with van der Waals surface area (Å²) in [6.45, 7) is 3.93. The van der Waals surface area contributed by atoms with E-state index < -0.39 is 61.9 Å². The first-order chi connectivity index (χ1) is 22.9. The van der Waals surface area contributed by atoms with Crippen LogP contribution >= 0.6 is 7.60 Å². The number of carboxylic acids is 1. The van der Waals surface area contributed by atoms with E-state index in [0.29, 0.717) is 45.1 Å². The number of carbonyl (C=O) groups is 5. The predicted molar refractivity (Wildman–Crippen MR) is 177 cm³/mol. The van der Waals surface area contributed by atoms with Crippen molar-refractivity contribution in [2.45, 2.75) is 115 Å². The van der Waals surface area contributed by atoms with E-state index in [-0.39, 0.29) is 31.4 Å². The lowest BCUT2D eigenvalue weighted by molar-refractivity contribution is -0.151. The second kappa shape index (κ2) is 19.5. The van der Waals surface area contributed by atoms with Gasteiger partial charge in [0.15, 0.2) is 0 Å². The van der Waals surface area contributed by atoms with Gasteiger partial charge in [-0.25, -0.2) is 9.59 Å². The Bertz CT molecular complexity index is 1280. The third kappa shape index (κ3) is 12.9. The molecule has 5 N–H and O–H groups in total. The first kappa shape index (κ1) is 39.0. The number of carbonyl (C=O) groups excluding carboxylic acids is 4. The number of amides is 4. The maximum atomic E-state index is 13.5. The molecule has 0 spiro atoms. The summed E-state index contributed by atoms with van der Waals surface area (Å²) in [5, 5.41) is 17.8. The van der Waals surface area contributed by atoms with Crippen molar-refractivity contribution in [1.29, 1.82) is 0 Å². The minimum Gasteiger partial charge on any atom is -0.480 e. The maximum Gasteiger partial charge on any atom is 0.407 e. The Morgan fingerprint density at radius 2 is 1.73 bits per heavy atom. The minimum absolute atomic E-state index is 0.145. The van der Waals surface area contributed by atoms with Crippen molar-refractivity contribution in [1.82, 2.24) is 20.9 Å². The average Bonchev–Trinajstić information content (AvgIpc) is 3.51. The topological polar surface area (TPSA) is 201 Å². The van der Waals surface area contributed by atoms with E-state index in [1.165, 1.54) is 6.92 Å². The summed E-state index contributed by atoms with van der Waals surface area (Å²) in [5.74, 6) is -2.68. The van der Waals surface area contributed by atoms with Crippen molar-refractivity contribution in [2.75, 3.05) is 19.3 Å². The Hall–Kier alpha value is -3.48. The third-order valence-corrected chi connectivity index (χ3v) is 10.3. The normalized spacial score (nSPS) is 19.2. The van der Waals surface area contributed by atoms with Crippen LogP contribution in [0.1, 0.15) is 90.0 Å². The molecule has 1 unspecified atom stereocenters. The van der Waals surface area contributed by atoms with Crippen molar-refractivity contribution < 1.29 is 47.8 Å². The summed E-state index contributed by atoms with van der Waals surface area (Å²) < 4.78 is 23.7. The Morgan fingerprint density at radius 1 is 1.00 bits per heavy atom. The minimum atomic E-state index is -4.42. The van der Waals surface area contributed by atoms with Crippen LogP contribution in [0.2, 0.25) is 0 Å². The fourth-order valence-electron chi connectivity index (χ4n) is 5.76. The van der Waals surface area contributed by atoms with Crippen LogP contribution in [-0.2, 0) is 39.6 Å². The fraction of sp³-hybridized carbons (Fsp3) is 0.667. The molecule has 5 atom stereocenters. The van der Waals surface area contributed by atoms with E-state index in [1.807, 2.05) is 37.3 Å². The molecule has 1 saturated carbocycles. The average molecular weight is 695 g/mol. The zero-order chi connectivity index (χ0) is 35.1. The summed E-state index contributed by atoms with van der Waals surface area (Å²) in [6, 6.07) is 6.61. The van der Waals surface area contributed by atoms with Gasteiger partial charge in [0.2, 0.25) is 11.8 Å². The maximum absolute atomic E-state index is 13.5. The van der Waals surface area contributed by atoms with Crippen LogP contribution in [0.5, 0.6) is 0 Å². The summed E-state index contributed by atoms with van der Waals surface area (Å²) in [5.41, 5.74) is 0.865. The molecule has 15 heteroatoms. The molecule has 2 aliphatic rings. The second-order valence-electron chi connectivity index (χ2n) is 12.6. The summed E-state index contributed by atoms with van der Waals surface area (Å²) >= 11 is 0. The zero-order valence-corrected chi connectivity index (χ0v) is 28.8. The largest absolute Gasteiger partial charge is 0.480 e. The Kier molecular flexibility index (Phi) is 15.8. The van der Waals surface area contributed by atoms with E-state index in [4.69, 9.17) is 9.26 Å². The SMILES string of the molecule is CCCC[C@H](CP(=O)(O)O[C@@H](C)C(=O)N1CCC[C@H]1C(=O)O)NC(=O)[C@H](CCCCNC(=O)OCc1ccccc1)NC(=O)C1CCC1. The molecule has 0 aromatic heterocycles. The van der Waals surface area contributed by atoms with Gasteiger partial charge >= 0.3 is 19.7 Å². The molecule has 1 aliphatic heterocycles. The number of ether oxygens (including phenoxy) is 1. The van der Waals surface area contributed by atoms with Crippen LogP contribution in [0.15, 0.2) is 30.3 Å². The van der Waals surface area contributed by atoms with E-state index >= 15 is 0 Å². The lowest BCUT2D eigenvalue weighted by atomic mass is 9.84. The molecule has 1 saturated heterocycles. The molecule has 1 aromatic carbocycles. The molecule has 1 heterocycles. The van der Waals surface area contributed by atoms with Crippen molar-refractivity contribution in [3.05, 3.63) is 35.9 Å². The summed E-state index contributed by atoms with van der Waals surface area (Å²) in [6.07, 6.45) is 3.94. The number of likely N-dealkylation sites (tertiary alicyclic amines) is 1. The number of hydrogen-bond donors (Lipinski definition) is 5. The number of rotatable bonds is 20. The van der Waals surface area contributed by atoms with Gasteiger partial charge in [-0.2, -0.15) is 0 Å². The van der Waals surface area contributed by atoms with E-state index in [9.17, 15) is 38.5 Å². The number of carboxylic acid groups (broad SMARTS) is 1. The highest BCUT2D eigenvalue weighted by atomic mass is 31.2. The predicted octanol–water partition coefficient (Wildman–Crippen LogP) is 3.71. The van der Waals surface area contributed by atoms with Gasteiger partial charge in [-0.05, 0) is 63.9 Å². The summed E-state index contributed by atoms with van der Waals surface area (Å²) in [4.78, 5) is 74.7. The zero-order valence-electron chi connectivity index (χ0n) is 27.9. The van der Waals surface area contributed by atoms with E-state index in [1.54, 1.807) is 0 Å². The van der Waals surface area contributed by atoms with Crippen LogP contribution in [0.25, 0.3) is 0 Å². The van der Waals surface area contributed by atoms with Gasteiger partial charge in [0.25, 0.3) is 5.91 Å². The first-order valence-corrected chi connectivity index (χ1v) is 18.7. The molecule has 1 aromatic rings. The molecule has 48 heavy (non-hydrogen) atoms. The van der Waals surface area contributed by atoms with Gasteiger partial charge < -0.3 is 35.6 Å². The Balaban J connectivity index is 1.54. The molecule has 14 nitrogen and oxygen atoms in total. The van der Waals surface area contributed by atoms with Gasteiger partial charge in [-0.1, -0.05) is 56.5 Å². The highest BCUT2D eigenvalue weighted by Crippen LogP contribution is 2.45. The molecule has 2 fully saturated rings. The summed E-state index contributed by atoms with van der Waals surface area (Å²) in [7, 11) is -4.42. The van der Waals surface area contributed by atoms with Gasteiger partial charge in [-0.15, -0.1) is 0 Å². The van der Waals surface area contributed by atoms with E-state index in [2.05, 4.69) is 16.0 Å². The third-order valence-electron chi connectivity index (χ3n) is 8.71. The molecule has 0 radical (unpaired) electrons. The van der Waals surface area contributed by atoms with Crippen LogP contribution in [-0.4, -0.2) is 88.2 Å². The molecule has 1 aliphatic carbocycles. The number of nitrogens with one attached hydrogen (secondary N) is 3. The number of alkyl carbamates (subject to hydrolysis) is 1. The number of aliphatic carboxylic acids is 1. The molecule has 3 rings (SSSR count). The van der Waals surface area contributed by atoms with Crippen molar-refractivity contribution >= 4 is 37.4 Å². The van der Waals surface area contributed by atoms with Gasteiger partial charge in [0.1, 0.15) is 24.8 Å². The number of unbranched alkanes of at least 4 members (excludes halogenated alkanes) is 2. The molecule has 268 valence electrons. The molecule has 0 bridgehead atoms. The van der Waals surface area contributed by atoms with Crippen molar-refractivity contribution in [2.24, 2.45) is 5.92 Å². The van der Waals surface area contributed by atoms with Gasteiger partial charge in [-0.3, -0.25) is 23.5 Å². The van der Waals surface area contributed by atoms with Crippen molar-refractivity contribution in [3.63, 3.8) is 0 Å². The molecular formula is C33H51N4O10P. The molecule has 4 amide bonds. The van der Waals surface area contributed by atoms with Crippen LogP contribution < -0.4 is 16.0 Å². The first-order valence-electron chi connectivity index (χ1n) is 17.0. The highest BCUT2D eigenvalue weighted by Gasteiger charge is 2.39. The lowest BCUT2D eigenvalue weighted by Gasteiger charge is -2.29. The number of nitrogens with zero attached hydrogens (tertiary/aromatic N) is 1. The molecular weight excluding hydrogens is 643 g/mol. The number of benzene rings is 1. The second-order valence-corrected chi connectivity index (χ2v) is 14.5. The Morgan fingerprint density at radius 3 is 2.38 bits per heavy atom. The van der Waals surface area contributed by atoms with Crippen LogP contribution in [0.4, 0.5) is 4.79 Å². The van der Waals surface area contributed by atoms with Crippen molar-refractivity contribution in [3.8, 4) is 0 Å². The van der Waals surface area contributed by atoms with Crippen LogP contribution in [0, 0.1) is 5.92 Å². The highest BCUT2D eigenvalue weighted by molar-refractivity contribution is 7.52. The lowest BCUT2D eigenvalue weighted by Crippen LogP contribution is -2.52. The number of hydrogen-bond acceptors (Lipinski definition) is 8. The van der Waals surface area contributed by atoms with Crippen LogP contribution in [0.3, 0.4) is 0 Å². The smallest absolute Gasteiger partial charge is 0.407 e.